The number of ether oxygens (including phenoxy) is 2. The maximum absolute atomic E-state index is 5.58. The zero-order valence-electron chi connectivity index (χ0n) is 13.7. The van der Waals surface area contributed by atoms with E-state index in [1.54, 1.807) is 20.4 Å². The molecule has 2 aromatic rings. The predicted molar refractivity (Wildman–Crippen MR) is 91.4 cm³/mol. The predicted octanol–water partition coefficient (Wildman–Crippen LogP) is 1.98. The Balaban J connectivity index is 1.94. The third kappa shape index (κ3) is 4.91. The van der Waals surface area contributed by atoms with E-state index in [1.807, 2.05) is 42.1 Å². The summed E-state index contributed by atoms with van der Waals surface area (Å²) in [5.74, 6) is 2.09. The topological polar surface area (TPSA) is 72.7 Å². The van der Waals surface area contributed by atoms with Crippen LogP contribution in [-0.2, 0) is 6.54 Å². The smallest absolute Gasteiger partial charge is 0.195 e. The summed E-state index contributed by atoms with van der Waals surface area (Å²) in [6.45, 7) is 4.00. The highest BCUT2D eigenvalue weighted by Crippen LogP contribution is 2.30. The van der Waals surface area contributed by atoms with Crippen LogP contribution in [-0.4, -0.2) is 43.0 Å². The summed E-state index contributed by atoms with van der Waals surface area (Å²) >= 11 is 0. The minimum Gasteiger partial charge on any atom is -0.493 e. The highest BCUT2D eigenvalue weighted by atomic mass is 16.5. The molecule has 124 valence electrons. The van der Waals surface area contributed by atoms with Crippen LogP contribution in [0.3, 0.4) is 0 Å². The zero-order valence-corrected chi connectivity index (χ0v) is 13.7. The van der Waals surface area contributed by atoms with Crippen LogP contribution in [0.5, 0.6) is 11.5 Å². The van der Waals surface area contributed by atoms with Crippen LogP contribution in [0.4, 0.5) is 5.69 Å². The molecule has 23 heavy (non-hydrogen) atoms. The number of nitrogens with one attached hydrogen (secondary N) is 2. The number of aliphatic imine (C=N–C) groups is 1. The molecular formula is C16H23N5O2. The van der Waals surface area contributed by atoms with Crippen molar-refractivity contribution in [2.45, 2.75) is 13.5 Å². The Morgan fingerprint density at radius 2 is 2.22 bits per heavy atom. The monoisotopic (exact) mass is 317 g/mol. The fraction of sp³-hybridized carbons (Fsp3) is 0.375. The fourth-order valence-corrected chi connectivity index (χ4v) is 2.06. The quantitative estimate of drug-likeness (QED) is 0.603. The van der Waals surface area contributed by atoms with E-state index < -0.39 is 0 Å². The molecule has 7 nitrogen and oxygen atoms in total. The van der Waals surface area contributed by atoms with Crippen molar-refractivity contribution in [3.05, 3.63) is 36.7 Å². The van der Waals surface area contributed by atoms with Crippen molar-refractivity contribution in [3.8, 4) is 11.5 Å². The first-order chi connectivity index (χ1) is 11.3. The van der Waals surface area contributed by atoms with E-state index in [4.69, 9.17) is 9.47 Å². The van der Waals surface area contributed by atoms with Crippen LogP contribution in [0.15, 0.2) is 41.7 Å². The van der Waals surface area contributed by atoms with Gasteiger partial charge >= 0.3 is 0 Å². The molecule has 2 rings (SSSR count). The summed E-state index contributed by atoms with van der Waals surface area (Å²) in [6.07, 6.45) is 3.69. The van der Waals surface area contributed by atoms with Gasteiger partial charge in [-0.3, -0.25) is 9.67 Å². The van der Waals surface area contributed by atoms with Gasteiger partial charge in [0.1, 0.15) is 0 Å². The van der Waals surface area contributed by atoms with Crippen molar-refractivity contribution in [2.75, 3.05) is 32.6 Å². The van der Waals surface area contributed by atoms with Gasteiger partial charge in [-0.05, 0) is 25.1 Å². The third-order valence-corrected chi connectivity index (χ3v) is 3.14. The summed E-state index contributed by atoms with van der Waals surface area (Å²) in [5, 5.41) is 10.6. The van der Waals surface area contributed by atoms with Crippen LogP contribution >= 0.6 is 0 Å². The van der Waals surface area contributed by atoms with E-state index in [0.717, 1.165) is 18.8 Å². The summed E-state index contributed by atoms with van der Waals surface area (Å²) < 4.78 is 12.7. The van der Waals surface area contributed by atoms with Crippen molar-refractivity contribution in [2.24, 2.45) is 4.99 Å². The Kier molecular flexibility index (Phi) is 6.28. The summed E-state index contributed by atoms with van der Waals surface area (Å²) in [6, 6.07) is 7.58. The van der Waals surface area contributed by atoms with Gasteiger partial charge in [-0.1, -0.05) is 0 Å². The molecule has 0 bridgehead atoms. The second kappa shape index (κ2) is 8.67. The van der Waals surface area contributed by atoms with Gasteiger partial charge in [-0.2, -0.15) is 5.10 Å². The lowest BCUT2D eigenvalue weighted by Crippen LogP contribution is -2.33. The number of methoxy groups -OCH3 is 1. The van der Waals surface area contributed by atoms with Gasteiger partial charge in [0.25, 0.3) is 0 Å². The van der Waals surface area contributed by atoms with Crippen molar-refractivity contribution >= 4 is 11.6 Å². The highest BCUT2D eigenvalue weighted by molar-refractivity contribution is 5.93. The van der Waals surface area contributed by atoms with Crippen molar-refractivity contribution in [3.63, 3.8) is 0 Å². The molecule has 2 N–H and O–H groups in total. The lowest BCUT2D eigenvalue weighted by Gasteiger charge is -2.14. The third-order valence-electron chi connectivity index (χ3n) is 3.14. The molecule has 0 aliphatic carbocycles. The molecule has 0 aliphatic heterocycles. The molecule has 1 aromatic carbocycles. The summed E-state index contributed by atoms with van der Waals surface area (Å²) in [4.78, 5) is 4.21. The first kappa shape index (κ1) is 16.7. The van der Waals surface area contributed by atoms with Gasteiger partial charge in [-0.15, -0.1) is 0 Å². The van der Waals surface area contributed by atoms with E-state index in [2.05, 4.69) is 20.7 Å². The minimum absolute atomic E-state index is 0.580. The standard InChI is InChI=1S/C16H23N5O2/c1-4-23-15-12-13(6-7-14(15)22-3)20-16(17-2)18-9-11-21-10-5-8-19-21/h5-8,10,12H,4,9,11H2,1-3H3,(H2,17,18,20). The van der Waals surface area contributed by atoms with Gasteiger partial charge in [0, 0.05) is 37.7 Å². The van der Waals surface area contributed by atoms with E-state index in [-0.39, 0.29) is 0 Å². The van der Waals surface area contributed by atoms with Gasteiger partial charge in [0.2, 0.25) is 0 Å². The number of hydrogen-bond acceptors (Lipinski definition) is 4. The second-order valence-electron chi connectivity index (χ2n) is 4.69. The van der Waals surface area contributed by atoms with Crippen LogP contribution < -0.4 is 20.1 Å². The molecule has 0 aliphatic rings. The molecule has 7 heteroatoms. The number of benzene rings is 1. The number of aromatic nitrogens is 2. The van der Waals surface area contributed by atoms with Crippen LogP contribution in [0.2, 0.25) is 0 Å². The Hall–Kier alpha value is -2.70. The normalized spacial score (nSPS) is 11.2. The SMILES string of the molecule is CCOc1cc(NC(=NC)NCCn2cccn2)ccc1OC. The van der Waals surface area contributed by atoms with Crippen LogP contribution in [0, 0.1) is 0 Å². The minimum atomic E-state index is 0.580. The number of guanidine groups is 1. The molecule has 0 amide bonds. The van der Waals surface area contributed by atoms with Crippen molar-refractivity contribution in [1.82, 2.24) is 15.1 Å². The molecular weight excluding hydrogens is 294 g/mol. The van der Waals surface area contributed by atoms with Crippen molar-refractivity contribution in [1.29, 1.82) is 0 Å². The van der Waals surface area contributed by atoms with E-state index >= 15 is 0 Å². The largest absolute Gasteiger partial charge is 0.493 e. The number of nitrogens with zero attached hydrogens (tertiary/aromatic N) is 3. The first-order valence-electron chi connectivity index (χ1n) is 7.52. The highest BCUT2D eigenvalue weighted by Gasteiger charge is 2.06. The Bertz CT molecular complexity index is 625. The Labute approximate surface area is 136 Å². The Morgan fingerprint density at radius 3 is 2.87 bits per heavy atom. The van der Waals surface area contributed by atoms with Crippen LogP contribution in [0.25, 0.3) is 0 Å². The molecule has 0 saturated heterocycles. The molecule has 0 saturated carbocycles. The van der Waals surface area contributed by atoms with Gasteiger partial charge in [0.05, 0.1) is 20.3 Å². The van der Waals surface area contributed by atoms with E-state index in [9.17, 15) is 0 Å². The molecule has 1 heterocycles. The average molecular weight is 317 g/mol. The fourth-order valence-electron chi connectivity index (χ4n) is 2.06. The molecule has 0 spiro atoms. The van der Waals surface area contributed by atoms with Crippen LogP contribution in [0.1, 0.15) is 6.92 Å². The number of rotatable bonds is 7. The lowest BCUT2D eigenvalue weighted by molar-refractivity contribution is 0.311. The maximum Gasteiger partial charge on any atom is 0.195 e. The summed E-state index contributed by atoms with van der Waals surface area (Å²) in [7, 11) is 3.36. The average Bonchev–Trinajstić information content (AvgIpc) is 3.08. The molecule has 1 aromatic heterocycles. The van der Waals surface area contributed by atoms with Gasteiger partial charge < -0.3 is 20.1 Å². The Morgan fingerprint density at radius 1 is 1.35 bits per heavy atom. The summed E-state index contributed by atoms with van der Waals surface area (Å²) in [5.41, 5.74) is 0.876. The molecule has 0 radical (unpaired) electrons. The van der Waals surface area contributed by atoms with E-state index in [1.165, 1.54) is 0 Å². The molecule has 0 unspecified atom stereocenters. The van der Waals surface area contributed by atoms with Gasteiger partial charge in [-0.25, -0.2) is 0 Å². The van der Waals surface area contributed by atoms with Crippen molar-refractivity contribution < 1.29 is 9.47 Å². The maximum atomic E-state index is 5.58. The number of anilines is 1. The second-order valence-corrected chi connectivity index (χ2v) is 4.69. The zero-order chi connectivity index (χ0) is 16.5. The number of hydrogen-bond donors (Lipinski definition) is 2. The molecule has 0 fully saturated rings. The van der Waals surface area contributed by atoms with E-state index in [0.29, 0.717) is 24.1 Å². The lowest BCUT2D eigenvalue weighted by atomic mass is 10.2. The molecule has 0 atom stereocenters. The van der Waals surface area contributed by atoms with Gasteiger partial charge in [0.15, 0.2) is 17.5 Å². The first-order valence-corrected chi connectivity index (χ1v) is 7.52.